The molecular formula is C20H16F3NO5. The lowest BCUT2D eigenvalue weighted by atomic mass is 10.1. The Balaban J connectivity index is 1.64. The molecule has 3 aromatic rings. The number of furan rings is 1. The first kappa shape index (κ1) is 20.4. The number of halogens is 3. The highest BCUT2D eigenvalue weighted by Gasteiger charge is 2.30. The average molecular weight is 407 g/mol. The molecule has 0 spiro atoms. The summed E-state index contributed by atoms with van der Waals surface area (Å²) in [6.07, 6.45) is -4.47. The van der Waals surface area contributed by atoms with Crippen LogP contribution in [0.15, 0.2) is 52.9 Å². The molecule has 29 heavy (non-hydrogen) atoms. The van der Waals surface area contributed by atoms with Gasteiger partial charge in [0.1, 0.15) is 5.58 Å². The smallest absolute Gasteiger partial charge is 0.416 e. The zero-order chi connectivity index (χ0) is 21.0. The summed E-state index contributed by atoms with van der Waals surface area (Å²) in [4.78, 5) is 24.3. The molecule has 0 aliphatic heterocycles. The van der Waals surface area contributed by atoms with Gasteiger partial charge in [-0.2, -0.15) is 13.2 Å². The predicted octanol–water partition coefficient (Wildman–Crippen LogP) is 4.39. The molecule has 6 nitrogen and oxygen atoms in total. The number of anilines is 1. The SMILES string of the molecule is COCc1c(C(=O)OCC(=O)Nc2ccc(C(F)(F)F)cc2)oc2ccccc12. The lowest BCUT2D eigenvalue weighted by molar-refractivity contribution is -0.137. The normalized spacial score (nSPS) is 11.4. The number of amides is 1. The van der Waals surface area contributed by atoms with Gasteiger partial charge in [0.15, 0.2) is 6.61 Å². The van der Waals surface area contributed by atoms with E-state index in [0.29, 0.717) is 16.5 Å². The third-order valence-corrected chi connectivity index (χ3v) is 4.00. The van der Waals surface area contributed by atoms with Gasteiger partial charge in [-0.3, -0.25) is 4.79 Å². The summed E-state index contributed by atoms with van der Waals surface area (Å²) < 4.78 is 53.3. The summed E-state index contributed by atoms with van der Waals surface area (Å²) in [6, 6.07) is 10.9. The van der Waals surface area contributed by atoms with Crippen LogP contribution >= 0.6 is 0 Å². The number of hydrogen-bond donors (Lipinski definition) is 1. The van der Waals surface area contributed by atoms with Crippen LogP contribution in [0.25, 0.3) is 11.0 Å². The van der Waals surface area contributed by atoms with E-state index in [2.05, 4.69) is 5.32 Å². The van der Waals surface area contributed by atoms with Crippen molar-refractivity contribution in [2.75, 3.05) is 19.0 Å². The fourth-order valence-corrected chi connectivity index (χ4v) is 2.69. The van der Waals surface area contributed by atoms with E-state index in [1.165, 1.54) is 7.11 Å². The van der Waals surface area contributed by atoms with Crippen LogP contribution in [0.1, 0.15) is 21.7 Å². The average Bonchev–Trinajstić information content (AvgIpc) is 3.05. The summed E-state index contributed by atoms with van der Waals surface area (Å²) in [7, 11) is 1.47. The second-order valence-electron chi connectivity index (χ2n) is 6.04. The Morgan fingerprint density at radius 3 is 2.41 bits per heavy atom. The third kappa shape index (κ3) is 4.75. The molecule has 1 N–H and O–H groups in total. The molecule has 1 amide bonds. The van der Waals surface area contributed by atoms with Crippen LogP contribution in [0.4, 0.5) is 18.9 Å². The molecule has 0 radical (unpaired) electrons. The maximum Gasteiger partial charge on any atom is 0.416 e. The summed E-state index contributed by atoms with van der Waals surface area (Å²) in [5.74, 6) is -1.63. The number of carbonyl (C=O) groups excluding carboxylic acids is 2. The van der Waals surface area contributed by atoms with E-state index >= 15 is 0 Å². The molecule has 0 aliphatic carbocycles. The van der Waals surface area contributed by atoms with Gasteiger partial charge < -0.3 is 19.2 Å². The Morgan fingerprint density at radius 2 is 1.76 bits per heavy atom. The zero-order valence-corrected chi connectivity index (χ0v) is 15.2. The highest BCUT2D eigenvalue weighted by Crippen LogP contribution is 2.30. The van der Waals surface area contributed by atoms with Gasteiger partial charge in [0.25, 0.3) is 5.91 Å². The number of ether oxygens (including phenoxy) is 2. The van der Waals surface area contributed by atoms with Gasteiger partial charge in [-0.1, -0.05) is 18.2 Å². The van der Waals surface area contributed by atoms with E-state index in [0.717, 1.165) is 24.3 Å². The van der Waals surface area contributed by atoms with Gasteiger partial charge in [-0.05, 0) is 30.3 Å². The van der Waals surface area contributed by atoms with Gasteiger partial charge in [-0.15, -0.1) is 0 Å². The van der Waals surface area contributed by atoms with Crippen molar-refractivity contribution >= 4 is 28.5 Å². The first-order valence-corrected chi connectivity index (χ1v) is 8.43. The van der Waals surface area contributed by atoms with Crippen LogP contribution in [0.5, 0.6) is 0 Å². The number of fused-ring (bicyclic) bond motifs is 1. The highest BCUT2D eigenvalue weighted by molar-refractivity contribution is 5.98. The molecule has 0 fully saturated rings. The molecule has 1 heterocycles. The summed E-state index contributed by atoms with van der Waals surface area (Å²) >= 11 is 0. The van der Waals surface area contributed by atoms with Crippen molar-refractivity contribution in [1.82, 2.24) is 0 Å². The predicted molar refractivity (Wildman–Crippen MR) is 97.3 cm³/mol. The number of hydrogen-bond acceptors (Lipinski definition) is 5. The van der Waals surface area contributed by atoms with Crippen LogP contribution in [0.2, 0.25) is 0 Å². The van der Waals surface area contributed by atoms with Crippen LogP contribution in [-0.2, 0) is 27.1 Å². The molecule has 0 bridgehead atoms. The molecule has 0 unspecified atom stereocenters. The van der Waals surface area contributed by atoms with Crippen molar-refractivity contribution < 1.29 is 36.7 Å². The number of rotatable bonds is 6. The van der Waals surface area contributed by atoms with Crippen molar-refractivity contribution in [2.45, 2.75) is 12.8 Å². The van der Waals surface area contributed by atoms with E-state index < -0.39 is 30.2 Å². The van der Waals surface area contributed by atoms with Crippen LogP contribution < -0.4 is 5.32 Å². The third-order valence-electron chi connectivity index (χ3n) is 4.00. The van der Waals surface area contributed by atoms with Crippen molar-refractivity contribution in [3.05, 3.63) is 65.4 Å². The van der Waals surface area contributed by atoms with Crippen molar-refractivity contribution in [3.63, 3.8) is 0 Å². The number of esters is 1. The topological polar surface area (TPSA) is 77.8 Å². The van der Waals surface area contributed by atoms with E-state index in [1.807, 2.05) is 0 Å². The van der Waals surface area contributed by atoms with Crippen LogP contribution in [0.3, 0.4) is 0 Å². The Labute approximate surface area is 163 Å². The Hall–Kier alpha value is -3.33. The molecule has 1 aromatic heterocycles. The van der Waals surface area contributed by atoms with E-state index in [1.54, 1.807) is 24.3 Å². The first-order valence-electron chi connectivity index (χ1n) is 8.43. The molecule has 0 saturated heterocycles. The lowest BCUT2D eigenvalue weighted by Gasteiger charge is -2.09. The fourth-order valence-electron chi connectivity index (χ4n) is 2.69. The Bertz CT molecular complexity index is 1020. The van der Waals surface area contributed by atoms with Gasteiger partial charge in [0, 0.05) is 23.7 Å². The minimum atomic E-state index is -4.47. The maximum absolute atomic E-state index is 12.6. The highest BCUT2D eigenvalue weighted by atomic mass is 19.4. The standard InChI is InChI=1S/C20H16F3NO5/c1-27-10-15-14-4-2-3-5-16(14)29-18(15)19(26)28-11-17(25)24-13-8-6-12(7-9-13)20(21,22)23/h2-9H,10-11H2,1H3,(H,24,25). The molecule has 152 valence electrons. The van der Waals surface area contributed by atoms with Crippen LogP contribution in [0, 0.1) is 0 Å². The molecular weight excluding hydrogens is 391 g/mol. The second-order valence-corrected chi connectivity index (χ2v) is 6.04. The maximum atomic E-state index is 12.6. The minimum Gasteiger partial charge on any atom is -0.450 e. The van der Waals surface area contributed by atoms with Crippen molar-refractivity contribution in [1.29, 1.82) is 0 Å². The van der Waals surface area contributed by atoms with Crippen LogP contribution in [-0.4, -0.2) is 25.6 Å². The van der Waals surface area contributed by atoms with Gasteiger partial charge in [-0.25, -0.2) is 4.79 Å². The largest absolute Gasteiger partial charge is 0.450 e. The number of carbonyl (C=O) groups is 2. The van der Waals surface area contributed by atoms with Gasteiger partial charge in [0.2, 0.25) is 5.76 Å². The fraction of sp³-hybridized carbons (Fsp3) is 0.200. The Kier molecular flexibility index (Phi) is 5.88. The quantitative estimate of drug-likeness (QED) is 0.613. The number of alkyl halides is 3. The van der Waals surface area contributed by atoms with Gasteiger partial charge in [0.05, 0.1) is 12.2 Å². The Morgan fingerprint density at radius 1 is 1.07 bits per heavy atom. The monoisotopic (exact) mass is 407 g/mol. The lowest BCUT2D eigenvalue weighted by Crippen LogP contribution is -2.21. The van der Waals surface area contributed by atoms with E-state index in [-0.39, 0.29) is 18.1 Å². The van der Waals surface area contributed by atoms with E-state index in [9.17, 15) is 22.8 Å². The number of para-hydroxylation sites is 1. The van der Waals surface area contributed by atoms with Crippen molar-refractivity contribution in [2.24, 2.45) is 0 Å². The van der Waals surface area contributed by atoms with Gasteiger partial charge >= 0.3 is 12.1 Å². The van der Waals surface area contributed by atoms with Crippen molar-refractivity contribution in [3.8, 4) is 0 Å². The molecule has 0 atom stereocenters. The van der Waals surface area contributed by atoms with E-state index in [4.69, 9.17) is 13.9 Å². The number of benzene rings is 2. The minimum absolute atomic E-state index is 0.0737. The molecule has 9 heteroatoms. The summed E-state index contributed by atoms with van der Waals surface area (Å²) in [5.41, 5.74) is 0.275. The number of methoxy groups -OCH3 is 1. The second kappa shape index (κ2) is 8.36. The zero-order valence-electron chi connectivity index (χ0n) is 15.2. The molecule has 3 rings (SSSR count). The molecule has 2 aromatic carbocycles. The number of nitrogens with one attached hydrogen (secondary N) is 1. The first-order chi connectivity index (χ1) is 13.8. The summed E-state index contributed by atoms with van der Waals surface area (Å²) in [5, 5.41) is 3.05. The summed E-state index contributed by atoms with van der Waals surface area (Å²) in [6.45, 7) is -0.525. The molecule has 0 saturated carbocycles. The molecule has 0 aliphatic rings.